The number of rotatable bonds is 4. The van der Waals surface area contributed by atoms with Crippen LogP contribution in [0.5, 0.6) is 0 Å². The maximum Gasteiger partial charge on any atom is 0.335 e. The Hall–Kier alpha value is -2.03. The van der Waals surface area contributed by atoms with Gasteiger partial charge in [-0.3, -0.25) is 0 Å². The van der Waals surface area contributed by atoms with Crippen LogP contribution in [0.2, 0.25) is 0 Å². The lowest BCUT2D eigenvalue weighted by molar-refractivity contribution is -0.132. The monoisotopic (exact) mass is 204 g/mol. The zero-order valence-electron chi connectivity index (χ0n) is 8.27. The Morgan fingerprint density at radius 3 is 2.87 bits per heavy atom. The number of hydrogen-bond donors (Lipinski definition) is 1. The fraction of sp³-hybridized carbons (Fsp3) is 0.0833. The Morgan fingerprint density at radius 1 is 1.53 bits per heavy atom. The third-order valence-corrected chi connectivity index (χ3v) is 1.80. The van der Waals surface area contributed by atoms with Crippen molar-refractivity contribution in [3.63, 3.8) is 0 Å². The van der Waals surface area contributed by atoms with Crippen LogP contribution in [0.15, 0.2) is 60.6 Å². The van der Waals surface area contributed by atoms with Crippen molar-refractivity contribution in [3.05, 3.63) is 60.6 Å². The van der Waals surface area contributed by atoms with Gasteiger partial charge in [0.2, 0.25) is 0 Å². The molecule has 1 rings (SSSR count). The highest BCUT2D eigenvalue weighted by Crippen LogP contribution is 2.15. The van der Waals surface area contributed by atoms with E-state index in [2.05, 4.69) is 13.2 Å². The van der Waals surface area contributed by atoms with Crippen LogP contribution in [0.3, 0.4) is 0 Å². The van der Waals surface area contributed by atoms with Gasteiger partial charge in [-0.25, -0.2) is 4.79 Å². The maximum absolute atomic E-state index is 10.7. The zero-order chi connectivity index (χ0) is 11.3. The van der Waals surface area contributed by atoms with Gasteiger partial charge in [0.05, 0.1) is 5.57 Å². The van der Waals surface area contributed by atoms with Crippen molar-refractivity contribution in [1.82, 2.24) is 0 Å². The largest absolute Gasteiger partial charge is 0.478 e. The molecular weight excluding hydrogens is 192 g/mol. The molecule has 1 aliphatic rings. The van der Waals surface area contributed by atoms with Crippen LogP contribution in [0.25, 0.3) is 0 Å². The molecule has 0 unspecified atom stereocenters. The predicted molar refractivity (Wildman–Crippen MR) is 58.0 cm³/mol. The Labute approximate surface area is 88.4 Å². The lowest BCUT2D eigenvalue weighted by atomic mass is 10.2. The van der Waals surface area contributed by atoms with Crippen LogP contribution in [-0.4, -0.2) is 11.1 Å². The topological polar surface area (TPSA) is 46.5 Å². The molecule has 0 saturated carbocycles. The first-order valence-corrected chi connectivity index (χ1v) is 4.43. The highest BCUT2D eigenvalue weighted by atomic mass is 16.5. The summed E-state index contributed by atoms with van der Waals surface area (Å²) >= 11 is 0. The van der Waals surface area contributed by atoms with E-state index in [4.69, 9.17) is 9.84 Å². The number of carboxylic acid groups (broad SMARTS) is 1. The minimum Gasteiger partial charge on any atom is -0.478 e. The fourth-order valence-electron chi connectivity index (χ4n) is 1.04. The molecule has 0 atom stereocenters. The van der Waals surface area contributed by atoms with Gasteiger partial charge in [0.25, 0.3) is 0 Å². The Bertz CT molecular complexity index is 384. The van der Waals surface area contributed by atoms with Crippen molar-refractivity contribution < 1.29 is 14.6 Å². The second-order valence-electron chi connectivity index (χ2n) is 2.94. The van der Waals surface area contributed by atoms with E-state index in [1.807, 2.05) is 0 Å². The van der Waals surface area contributed by atoms with E-state index < -0.39 is 5.97 Å². The summed E-state index contributed by atoms with van der Waals surface area (Å²) in [7, 11) is 0. The van der Waals surface area contributed by atoms with Gasteiger partial charge < -0.3 is 9.84 Å². The molecule has 15 heavy (non-hydrogen) atoms. The van der Waals surface area contributed by atoms with Crippen molar-refractivity contribution in [2.24, 2.45) is 0 Å². The van der Waals surface area contributed by atoms with Crippen LogP contribution < -0.4 is 0 Å². The molecule has 0 aromatic carbocycles. The molecule has 0 aromatic heterocycles. The third-order valence-electron chi connectivity index (χ3n) is 1.80. The molecule has 0 bridgehead atoms. The third kappa shape index (κ3) is 3.31. The minimum atomic E-state index is -0.953. The van der Waals surface area contributed by atoms with E-state index in [-0.39, 0.29) is 5.57 Å². The molecule has 3 nitrogen and oxygen atoms in total. The lowest BCUT2D eigenvalue weighted by Gasteiger charge is -2.05. The molecule has 0 saturated heterocycles. The number of allylic oxidation sites excluding steroid dienone is 4. The van der Waals surface area contributed by atoms with Crippen LogP contribution in [-0.2, 0) is 9.53 Å². The molecule has 1 aliphatic carbocycles. The number of ether oxygens (including phenoxy) is 1. The smallest absolute Gasteiger partial charge is 0.335 e. The van der Waals surface area contributed by atoms with Crippen LogP contribution in [0, 0.1) is 0 Å². The first-order valence-electron chi connectivity index (χ1n) is 4.43. The number of hydrogen-bond acceptors (Lipinski definition) is 2. The highest BCUT2D eigenvalue weighted by molar-refractivity contribution is 5.90. The first-order chi connectivity index (χ1) is 7.13. The van der Waals surface area contributed by atoms with E-state index in [1.54, 1.807) is 18.2 Å². The van der Waals surface area contributed by atoms with E-state index in [0.29, 0.717) is 17.9 Å². The average molecular weight is 204 g/mol. The predicted octanol–water partition coefficient (Wildman–Crippen LogP) is 2.56. The van der Waals surface area contributed by atoms with Crippen molar-refractivity contribution >= 4 is 5.97 Å². The summed E-state index contributed by atoms with van der Waals surface area (Å²) in [6, 6.07) is 0. The summed E-state index contributed by atoms with van der Waals surface area (Å²) in [5.74, 6) is 0.139. The molecule has 0 aliphatic heterocycles. The molecule has 0 amide bonds. The molecule has 0 spiro atoms. The van der Waals surface area contributed by atoms with E-state index in [1.165, 1.54) is 12.2 Å². The molecule has 0 heterocycles. The molecule has 0 fully saturated rings. The van der Waals surface area contributed by atoms with Crippen LogP contribution in [0.4, 0.5) is 0 Å². The van der Waals surface area contributed by atoms with Crippen molar-refractivity contribution in [3.8, 4) is 0 Å². The quantitative estimate of drug-likeness (QED) is 0.565. The normalized spacial score (nSPS) is 14.7. The summed E-state index contributed by atoms with van der Waals surface area (Å²) in [5.41, 5.74) is 0.234. The molecular formula is C12H12O3. The second kappa shape index (κ2) is 5.00. The van der Waals surface area contributed by atoms with Crippen LogP contribution in [0.1, 0.15) is 6.42 Å². The van der Waals surface area contributed by atoms with Gasteiger partial charge in [-0.05, 0) is 18.2 Å². The number of carboxylic acids is 1. The number of aliphatic carboxylic acids is 1. The van der Waals surface area contributed by atoms with Crippen molar-refractivity contribution in [2.75, 3.05) is 0 Å². The average Bonchev–Trinajstić information content (AvgIpc) is 2.43. The van der Waals surface area contributed by atoms with Gasteiger partial charge in [0, 0.05) is 6.42 Å². The first kappa shape index (κ1) is 11.0. The summed E-state index contributed by atoms with van der Waals surface area (Å²) < 4.78 is 5.31. The fourth-order valence-corrected chi connectivity index (χ4v) is 1.04. The molecule has 1 N–H and O–H groups in total. The Kier molecular flexibility index (Phi) is 3.68. The van der Waals surface area contributed by atoms with E-state index in [0.717, 1.165) is 0 Å². The van der Waals surface area contributed by atoms with Gasteiger partial charge in [0.15, 0.2) is 0 Å². The summed E-state index contributed by atoms with van der Waals surface area (Å²) in [4.78, 5) is 10.7. The Balaban J connectivity index is 2.79. The SMILES string of the molecule is C=CC(=C)OC1=CC=C(C(=O)O)C=CC1. The molecule has 3 heteroatoms. The summed E-state index contributed by atoms with van der Waals surface area (Å²) in [5, 5.41) is 8.75. The lowest BCUT2D eigenvalue weighted by Crippen LogP contribution is -1.96. The minimum absolute atomic E-state index is 0.234. The molecule has 0 radical (unpaired) electrons. The molecule has 78 valence electrons. The standard InChI is InChI=1S/C12H12O3/c1-3-9(2)15-11-6-4-5-10(7-8-11)12(13)14/h3-5,7-8H,1-2,6H2,(H,13,14). The van der Waals surface area contributed by atoms with Crippen molar-refractivity contribution in [1.29, 1.82) is 0 Å². The van der Waals surface area contributed by atoms with Gasteiger partial charge >= 0.3 is 5.97 Å². The van der Waals surface area contributed by atoms with Gasteiger partial charge in [-0.15, -0.1) is 0 Å². The summed E-state index contributed by atoms with van der Waals surface area (Å²) in [6.07, 6.45) is 8.44. The van der Waals surface area contributed by atoms with Gasteiger partial charge in [-0.1, -0.05) is 25.3 Å². The molecule has 0 aromatic rings. The van der Waals surface area contributed by atoms with Crippen molar-refractivity contribution in [2.45, 2.75) is 6.42 Å². The van der Waals surface area contributed by atoms with Gasteiger partial charge in [0.1, 0.15) is 11.5 Å². The van der Waals surface area contributed by atoms with Crippen LogP contribution >= 0.6 is 0 Å². The van der Waals surface area contributed by atoms with E-state index >= 15 is 0 Å². The maximum atomic E-state index is 10.7. The summed E-state index contributed by atoms with van der Waals surface area (Å²) in [6.45, 7) is 7.12. The highest BCUT2D eigenvalue weighted by Gasteiger charge is 2.06. The zero-order valence-corrected chi connectivity index (χ0v) is 8.27. The van der Waals surface area contributed by atoms with Gasteiger partial charge in [-0.2, -0.15) is 0 Å². The second-order valence-corrected chi connectivity index (χ2v) is 2.94. The number of carbonyl (C=O) groups is 1. The Morgan fingerprint density at radius 2 is 2.27 bits per heavy atom. The van der Waals surface area contributed by atoms with E-state index in [9.17, 15) is 4.79 Å².